The molecule has 3 rings (SSSR count). The molecular formula is C15H19NOS. The summed E-state index contributed by atoms with van der Waals surface area (Å²) in [7, 11) is 0. The number of benzene rings is 1. The van der Waals surface area contributed by atoms with Crippen LogP contribution in [0.25, 0.3) is 10.2 Å². The van der Waals surface area contributed by atoms with Crippen LogP contribution < -0.4 is 4.74 Å². The van der Waals surface area contributed by atoms with Gasteiger partial charge in [-0.25, -0.2) is 4.98 Å². The molecule has 1 aromatic carbocycles. The van der Waals surface area contributed by atoms with Gasteiger partial charge in [0.1, 0.15) is 11.3 Å². The molecule has 1 aromatic heterocycles. The summed E-state index contributed by atoms with van der Waals surface area (Å²) in [5.41, 5.74) is 2.49. The highest BCUT2D eigenvalue weighted by Crippen LogP contribution is 2.39. The third-order valence-electron chi connectivity index (χ3n) is 3.72. The number of rotatable bonds is 3. The lowest BCUT2D eigenvalue weighted by Gasteiger charge is -2.12. The molecule has 0 radical (unpaired) electrons. The summed E-state index contributed by atoms with van der Waals surface area (Å²) in [5, 5.41) is 1.12. The fraction of sp³-hybridized carbons (Fsp3) is 0.533. The molecule has 0 aliphatic heterocycles. The van der Waals surface area contributed by atoms with Crippen molar-refractivity contribution in [3.05, 3.63) is 22.7 Å². The molecule has 2 nitrogen and oxygen atoms in total. The molecule has 1 aliphatic carbocycles. The highest BCUT2D eigenvalue weighted by atomic mass is 32.1. The van der Waals surface area contributed by atoms with Crippen LogP contribution in [0, 0.1) is 6.92 Å². The second kappa shape index (κ2) is 4.88. The predicted octanol–water partition coefficient (Wildman–Crippen LogP) is 4.66. The quantitative estimate of drug-likeness (QED) is 0.801. The second-order valence-electron chi connectivity index (χ2n) is 5.01. The summed E-state index contributed by atoms with van der Waals surface area (Å²) in [4.78, 5) is 4.59. The maximum atomic E-state index is 5.78. The SMILES string of the molecule is CCOc1cc(C2CCCC2)cc2sc(C)nc12. The van der Waals surface area contributed by atoms with Gasteiger partial charge in [0.25, 0.3) is 0 Å². The molecule has 0 spiro atoms. The van der Waals surface area contributed by atoms with Crippen LogP contribution in [0.15, 0.2) is 12.1 Å². The van der Waals surface area contributed by atoms with Gasteiger partial charge in [-0.3, -0.25) is 0 Å². The average molecular weight is 261 g/mol. The summed E-state index contributed by atoms with van der Waals surface area (Å²) < 4.78 is 7.05. The minimum atomic E-state index is 0.708. The van der Waals surface area contributed by atoms with Gasteiger partial charge in [-0.15, -0.1) is 11.3 Å². The Kier molecular flexibility index (Phi) is 3.25. The van der Waals surface area contributed by atoms with E-state index in [1.165, 1.54) is 35.9 Å². The molecule has 1 fully saturated rings. The van der Waals surface area contributed by atoms with E-state index in [1.54, 1.807) is 11.3 Å². The molecule has 2 aromatic rings. The fourth-order valence-corrected chi connectivity index (χ4v) is 3.78. The monoisotopic (exact) mass is 261 g/mol. The van der Waals surface area contributed by atoms with Gasteiger partial charge in [-0.05, 0) is 50.3 Å². The van der Waals surface area contributed by atoms with Gasteiger partial charge in [0.05, 0.1) is 16.3 Å². The van der Waals surface area contributed by atoms with Crippen molar-refractivity contribution in [2.45, 2.75) is 45.4 Å². The van der Waals surface area contributed by atoms with E-state index >= 15 is 0 Å². The van der Waals surface area contributed by atoms with E-state index in [9.17, 15) is 0 Å². The van der Waals surface area contributed by atoms with E-state index in [4.69, 9.17) is 4.74 Å². The zero-order valence-electron chi connectivity index (χ0n) is 11.0. The summed E-state index contributed by atoms with van der Waals surface area (Å²) in [6.07, 6.45) is 5.40. The van der Waals surface area contributed by atoms with E-state index in [0.717, 1.165) is 22.2 Å². The first-order chi connectivity index (χ1) is 8.78. The van der Waals surface area contributed by atoms with Gasteiger partial charge >= 0.3 is 0 Å². The Morgan fingerprint density at radius 3 is 2.83 bits per heavy atom. The number of hydrogen-bond donors (Lipinski definition) is 0. The smallest absolute Gasteiger partial charge is 0.146 e. The van der Waals surface area contributed by atoms with Crippen LogP contribution in [0.4, 0.5) is 0 Å². The van der Waals surface area contributed by atoms with Gasteiger partial charge in [0, 0.05) is 0 Å². The Morgan fingerprint density at radius 1 is 1.33 bits per heavy atom. The lowest BCUT2D eigenvalue weighted by atomic mass is 9.97. The van der Waals surface area contributed by atoms with Crippen LogP contribution >= 0.6 is 11.3 Å². The van der Waals surface area contributed by atoms with Gasteiger partial charge in [-0.2, -0.15) is 0 Å². The normalized spacial score (nSPS) is 16.6. The molecule has 1 heterocycles. The average Bonchev–Trinajstić information content (AvgIpc) is 2.96. The Morgan fingerprint density at radius 2 is 2.11 bits per heavy atom. The largest absolute Gasteiger partial charge is 0.492 e. The van der Waals surface area contributed by atoms with Crippen LogP contribution in [-0.4, -0.2) is 11.6 Å². The van der Waals surface area contributed by atoms with E-state index in [-0.39, 0.29) is 0 Å². The molecular weight excluding hydrogens is 242 g/mol. The van der Waals surface area contributed by atoms with E-state index < -0.39 is 0 Å². The van der Waals surface area contributed by atoms with Crippen molar-refractivity contribution in [1.29, 1.82) is 0 Å². The number of nitrogens with zero attached hydrogens (tertiary/aromatic N) is 1. The lowest BCUT2D eigenvalue weighted by Crippen LogP contribution is -1.97. The van der Waals surface area contributed by atoms with Crippen LogP contribution in [-0.2, 0) is 0 Å². The Hall–Kier alpha value is -1.09. The van der Waals surface area contributed by atoms with Crippen LogP contribution in [0.2, 0.25) is 0 Å². The molecule has 0 N–H and O–H groups in total. The first-order valence-electron chi connectivity index (χ1n) is 6.82. The molecule has 0 bridgehead atoms. The Bertz CT molecular complexity index is 555. The molecule has 18 heavy (non-hydrogen) atoms. The molecule has 0 saturated heterocycles. The number of fused-ring (bicyclic) bond motifs is 1. The summed E-state index contributed by atoms with van der Waals surface area (Å²) in [6.45, 7) is 4.81. The molecule has 3 heteroatoms. The number of aromatic nitrogens is 1. The van der Waals surface area contributed by atoms with Crippen molar-refractivity contribution in [3.63, 3.8) is 0 Å². The van der Waals surface area contributed by atoms with Crippen molar-refractivity contribution in [2.75, 3.05) is 6.61 Å². The highest BCUT2D eigenvalue weighted by molar-refractivity contribution is 7.18. The highest BCUT2D eigenvalue weighted by Gasteiger charge is 2.19. The molecule has 1 aliphatic rings. The maximum absolute atomic E-state index is 5.78. The van der Waals surface area contributed by atoms with Crippen molar-refractivity contribution >= 4 is 21.6 Å². The van der Waals surface area contributed by atoms with Crippen LogP contribution in [0.1, 0.15) is 49.1 Å². The molecule has 0 atom stereocenters. The minimum absolute atomic E-state index is 0.708. The molecule has 0 amide bonds. The number of hydrogen-bond acceptors (Lipinski definition) is 3. The number of thiazole rings is 1. The van der Waals surface area contributed by atoms with Crippen molar-refractivity contribution in [2.24, 2.45) is 0 Å². The predicted molar refractivity (Wildman–Crippen MR) is 76.7 cm³/mol. The van der Waals surface area contributed by atoms with E-state index in [0.29, 0.717) is 6.61 Å². The molecule has 96 valence electrons. The lowest BCUT2D eigenvalue weighted by molar-refractivity contribution is 0.343. The first kappa shape index (κ1) is 12.0. The molecule has 1 saturated carbocycles. The van der Waals surface area contributed by atoms with Gasteiger partial charge in [0.15, 0.2) is 0 Å². The second-order valence-corrected chi connectivity index (χ2v) is 6.25. The Labute approximate surface area is 112 Å². The first-order valence-corrected chi connectivity index (χ1v) is 7.63. The summed E-state index contributed by atoms with van der Waals surface area (Å²) in [6, 6.07) is 4.56. The summed E-state index contributed by atoms with van der Waals surface area (Å²) >= 11 is 1.77. The molecule has 0 unspecified atom stereocenters. The topological polar surface area (TPSA) is 22.1 Å². The van der Waals surface area contributed by atoms with Gasteiger partial charge in [-0.1, -0.05) is 12.8 Å². The minimum Gasteiger partial charge on any atom is -0.492 e. The van der Waals surface area contributed by atoms with Crippen molar-refractivity contribution < 1.29 is 4.74 Å². The number of ether oxygens (including phenoxy) is 1. The van der Waals surface area contributed by atoms with Gasteiger partial charge in [0.2, 0.25) is 0 Å². The standard InChI is InChI=1S/C15H19NOS/c1-3-17-13-8-12(11-6-4-5-7-11)9-14-15(13)16-10(2)18-14/h8-9,11H,3-7H2,1-2H3. The van der Waals surface area contributed by atoms with E-state index in [2.05, 4.69) is 24.0 Å². The van der Waals surface area contributed by atoms with Crippen LogP contribution in [0.3, 0.4) is 0 Å². The summed E-state index contributed by atoms with van der Waals surface area (Å²) in [5.74, 6) is 1.71. The van der Waals surface area contributed by atoms with Crippen molar-refractivity contribution in [3.8, 4) is 5.75 Å². The zero-order chi connectivity index (χ0) is 12.5. The van der Waals surface area contributed by atoms with E-state index in [1.807, 2.05) is 6.92 Å². The third-order valence-corrected chi connectivity index (χ3v) is 4.63. The number of aryl methyl sites for hydroxylation is 1. The maximum Gasteiger partial charge on any atom is 0.146 e. The zero-order valence-corrected chi connectivity index (χ0v) is 11.8. The fourth-order valence-electron chi connectivity index (χ4n) is 2.89. The third kappa shape index (κ3) is 2.12. The van der Waals surface area contributed by atoms with Crippen molar-refractivity contribution in [1.82, 2.24) is 4.98 Å². The Balaban J connectivity index is 2.09. The van der Waals surface area contributed by atoms with Gasteiger partial charge < -0.3 is 4.74 Å². The van der Waals surface area contributed by atoms with Crippen LogP contribution in [0.5, 0.6) is 5.75 Å².